The molecule has 18 heavy (non-hydrogen) atoms. The van der Waals surface area contributed by atoms with Crippen LogP contribution in [0.1, 0.15) is 50.4 Å². The zero-order valence-corrected chi connectivity index (χ0v) is 11.2. The van der Waals surface area contributed by atoms with E-state index >= 15 is 0 Å². The summed E-state index contributed by atoms with van der Waals surface area (Å²) in [6, 6.07) is 6.20. The number of hydrogen-bond acceptors (Lipinski definition) is 2. The second-order valence-corrected chi connectivity index (χ2v) is 6.07. The number of fused-ring (bicyclic) bond motifs is 1. The Labute approximate surface area is 108 Å². The van der Waals surface area contributed by atoms with Crippen molar-refractivity contribution in [2.24, 2.45) is 11.1 Å². The van der Waals surface area contributed by atoms with Crippen LogP contribution >= 0.6 is 0 Å². The number of hydrogen-bond donors (Lipinski definition) is 2. The number of rotatable bonds is 2. The first-order valence-electron chi connectivity index (χ1n) is 6.79. The molecule has 2 aromatic rings. The highest BCUT2D eigenvalue weighted by molar-refractivity contribution is 5.78. The van der Waals surface area contributed by atoms with Crippen LogP contribution in [0.3, 0.4) is 0 Å². The molecule has 0 aliphatic heterocycles. The van der Waals surface area contributed by atoms with Gasteiger partial charge in [0.1, 0.15) is 5.82 Å². The van der Waals surface area contributed by atoms with Crippen molar-refractivity contribution in [3.05, 3.63) is 29.6 Å². The lowest BCUT2D eigenvalue weighted by molar-refractivity contribution is 0.324. The first kappa shape index (κ1) is 11.7. The maximum Gasteiger partial charge on any atom is 0.110 e. The average Bonchev–Trinajstić information content (AvgIpc) is 2.90. The summed E-state index contributed by atoms with van der Waals surface area (Å²) in [5.41, 5.74) is 9.44. The van der Waals surface area contributed by atoms with Gasteiger partial charge in [-0.15, -0.1) is 0 Å². The Morgan fingerprint density at radius 1 is 1.44 bits per heavy atom. The minimum atomic E-state index is 0.358. The van der Waals surface area contributed by atoms with Crippen LogP contribution in [0.25, 0.3) is 11.0 Å². The van der Waals surface area contributed by atoms with Crippen molar-refractivity contribution < 1.29 is 0 Å². The maximum atomic E-state index is 5.78. The fourth-order valence-electron chi connectivity index (χ4n) is 3.27. The minimum absolute atomic E-state index is 0.358. The summed E-state index contributed by atoms with van der Waals surface area (Å²) in [5.74, 6) is 1.70. The SMILES string of the molecule is CC1(C)CCCC1c1nc2c(CN)cccc2[nH]1. The van der Waals surface area contributed by atoms with E-state index in [1.54, 1.807) is 0 Å². The number of nitrogens with two attached hydrogens (primary N) is 1. The van der Waals surface area contributed by atoms with Crippen molar-refractivity contribution in [3.63, 3.8) is 0 Å². The molecule has 1 saturated carbocycles. The van der Waals surface area contributed by atoms with E-state index in [2.05, 4.69) is 31.0 Å². The quantitative estimate of drug-likeness (QED) is 0.850. The Kier molecular flexibility index (Phi) is 2.67. The highest BCUT2D eigenvalue weighted by atomic mass is 14.9. The molecule has 1 atom stereocenters. The van der Waals surface area contributed by atoms with Gasteiger partial charge in [-0.05, 0) is 29.9 Å². The largest absolute Gasteiger partial charge is 0.342 e. The molecule has 3 nitrogen and oxygen atoms in total. The van der Waals surface area contributed by atoms with Crippen LogP contribution in [-0.4, -0.2) is 9.97 Å². The fraction of sp³-hybridized carbons (Fsp3) is 0.533. The molecule has 3 heteroatoms. The normalized spacial score (nSPS) is 22.7. The van der Waals surface area contributed by atoms with E-state index in [9.17, 15) is 0 Å². The van der Waals surface area contributed by atoms with Gasteiger partial charge in [0.2, 0.25) is 0 Å². The van der Waals surface area contributed by atoms with Gasteiger partial charge in [0, 0.05) is 12.5 Å². The number of benzene rings is 1. The van der Waals surface area contributed by atoms with Crippen molar-refractivity contribution in [1.82, 2.24) is 9.97 Å². The zero-order valence-electron chi connectivity index (χ0n) is 11.2. The van der Waals surface area contributed by atoms with Crippen LogP contribution in [0.4, 0.5) is 0 Å². The fourth-order valence-corrected chi connectivity index (χ4v) is 3.27. The molecule has 1 aliphatic rings. The third-order valence-corrected chi connectivity index (χ3v) is 4.42. The molecule has 0 amide bonds. The van der Waals surface area contributed by atoms with Gasteiger partial charge in [-0.3, -0.25) is 0 Å². The lowest BCUT2D eigenvalue weighted by atomic mass is 9.81. The smallest absolute Gasteiger partial charge is 0.110 e. The van der Waals surface area contributed by atoms with Crippen molar-refractivity contribution in [2.45, 2.75) is 45.6 Å². The van der Waals surface area contributed by atoms with Crippen LogP contribution in [0.15, 0.2) is 18.2 Å². The predicted octanol–water partition coefficient (Wildman–Crippen LogP) is 3.32. The average molecular weight is 243 g/mol. The van der Waals surface area contributed by atoms with Crippen LogP contribution in [0, 0.1) is 5.41 Å². The Hall–Kier alpha value is -1.35. The molecule has 1 aliphatic carbocycles. The molecule has 1 aromatic heterocycles. The van der Waals surface area contributed by atoms with E-state index in [-0.39, 0.29) is 0 Å². The molecule has 0 radical (unpaired) electrons. The first-order valence-corrected chi connectivity index (χ1v) is 6.79. The van der Waals surface area contributed by atoms with E-state index in [0.717, 1.165) is 22.4 Å². The molecule has 1 heterocycles. The molecule has 96 valence electrons. The highest BCUT2D eigenvalue weighted by Gasteiger charge is 2.37. The molecule has 0 bridgehead atoms. The van der Waals surface area contributed by atoms with Gasteiger partial charge < -0.3 is 10.7 Å². The number of nitrogens with one attached hydrogen (secondary N) is 1. The van der Waals surface area contributed by atoms with Gasteiger partial charge in [0.25, 0.3) is 0 Å². The molecule has 3 N–H and O–H groups in total. The van der Waals surface area contributed by atoms with Crippen LogP contribution < -0.4 is 5.73 Å². The lowest BCUT2D eigenvalue weighted by Gasteiger charge is -2.24. The van der Waals surface area contributed by atoms with Crippen LogP contribution in [0.2, 0.25) is 0 Å². The predicted molar refractivity (Wildman–Crippen MR) is 74.4 cm³/mol. The summed E-state index contributed by atoms with van der Waals surface area (Å²) in [6.45, 7) is 5.25. The molecule has 1 unspecified atom stereocenters. The second-order valence-electron chi connectivity index (χ2n) is 6.07. The number of para-hydroxylation sites is 1. The molecule has 0 saturated heterocycles. The summed E-state index contributed by atoms with van der Waals surface area (Å²) in [4.78, 5) is 8.33. The Bertz CT molecular complexity index is 568. The van der Waals surface area contributed by atoms with E-state index in [4.69, 9.17) is 10.7 Å². The van der Waals surface area contributed by atoms with Gasteiger partial charge in [0.15, 0.2) is 0 Å². The summed E-state index contributed by atoms with van der Waals surface area (Å²) in [7, 11) is 0. The second kappa shape index (κ2) is 4.09. The molecular weight excluding hydrogens is 222 g/mol. The van der Waals surface area contributed by atoms with E-state index in [1.165, 1.54) is 19.3 Å². The first-order chi connectivity index (χ1) is 8.62. The minimum Gasteiger partial charge on any atom is -0.342 e. The van der Waals surface area contributed by atoms with Crippen LogP contribution in [0.5, 0.6) is 0 Å². The third-order valence-electron chi connectivity index (χ3n) is 4.42. The summed E-state index contributed by atoms with van der Waals surface area (Å²) in [5, 5.41) is 0. The Morgan fingerprint density at radius 3 is 2.94 bits per heavy atom. The lowest BCUT2D eigenvalue weighted by Crippen LogP contribution is -2.16. The molecular formula is C15H21N3. The number of H-pyrrole nitrogens is 1. The zero-order chi connectivity index (χ0) is 12.8. The Balaban J connectivity index is 2.09. The molecule has 3 rings (SSSR count). The monoisotopic (exact) mass is 243 g/mol. The summed E-state index contributed by atoms with van der Waals surface area (Å²) < 4.78 is 0. The number of imidazole rings is 1. The van der Waals surface area contributed by atoms with Gasteiger partial charge >= 0.3 is 0 Å². The van der Waals surface area contributed by atoms with E-state index in [1.807, 2.05) is 6.07 Å². The van der Waals surface area contributed by atoms with Crippen molar-refractivity contribution >= 4 is 11.0 Å². The van der Waals surface area contributed by atoms with Gasteiger partial charge in [-0.1, -0.05) is 32.4 Å². The standard InChI is InChI=1S/C15H21N3/c1-15(2)8-4-6-11(15)14-17-12-7-3-5-10(9-16)13(12)18-14/h3,5,7,11H,4,6,8-9,16H2,1-2H3,(H,17,18). The number of aromatic amines is 1. The molecule has 0 spiro atoms. The van der Waals surface area contributed by atoms with Gasteiger partial charge in [0.05, 0.1) is 11.0 Å². The summed E-state index contributed by atoms with van der Waals surface area (Å²) in [6.07, 6.45) is 3.84. The van der Waals surface area contributed by atoms with E-state index < -0.39 is 0 Å². The van der Waals surface area contributed by atoms with E-state index in [0.29, 0.717) is 17.9 Å². The highest BCUT2D eigenvalue weighted by Crippen LogP contribution is 2.48. The Morgan fingerprint density at radius 2 is 2.28 bits per heavy atom. The summed E-state index contributed by atoms with van der Waals surface area (Å²) >= 11 is 0. The van der Waals surface area contributed by atoms with Crippen molar-refractivity contribution in [3.8, 4) is 0 Å². The third kappa shape index (κ3) is 1.74. The van der Waals surface area contributed by atoms with Crippen molar-refractivity contribution in [2.75, 3.05) is 0 Å². The van der Waals surface area contributed by atoms with Crippen molar-refractivity contribution in [1.29, 1.82) is 0 Å². The van der Waals surface area contributed by atoms with Gasteiger partial charge in [-0.2, -0.15) is 0 Å². The number of nitrogens with zero attached hydrogens (tertiary/aromatic N) is 1. The molecule has 1 fully saturated rings. The maximum absolute atomic E-state index is 5.78. The van der Waals surface area contributed by atoms with Gasteiger partial charge in [-0.25, -0.2) is 4.98 Å². The number of aromatic nitrogens is 2. The topological polar surface area (TPSA) is 54.7 Å². The van der Waals surface area contributed by atoms with Crippen LogP contribution in [-0.2, 0) is 6.54 Å². The molecule has 1 aromatic carbocycles.